The van der Waals surface area contributed by atoms with Gasteiger partial charge in [0.1, 0.15) is 23.5 Å². The maximum absolute atomic E-state index is 11.4. The summed E-state index contributed by atoms with van der Waals surface area (Å²) in [6, 6.07) is 10.1. The Balaban J connectivity index is 1.37. The van der Waals surface area contributed by atoms with Crippen LogP contribution in [0, 0.1) is 0 Å². The number of nitrogens with zero attached hydrogens (tertiary/aromatic N) is 4. The molecule has 3 heterocycles. The number of rotatable bonds is 7. The smallest absolute Gasteiger partial charge is 0.227 e. The van der Waals surface area contributed by atoms with Crippen LogP contribution in [0.15, 0.2) is 36.5 Å². The van der Waals surface area contributed by atoms with Crippen molar-refractivity contribution in [3.8, 4) is 5.75 Å². The molecule has 32 heavy (non-hydrogen) atoms. The van der Waals surface area contributed by atoms with Crippen molar-refractivity contribution < 1.29 is 14.3 Å². The first-order valence-corrected chi connectivity index (χ1v) is 11.5. The fraction of sp³-hybridized carbons (Fsp3) is 0.560. The van der Waals surface area contributed by atoms with Gasteiger partial charge in [0.2, 0.25) is 5.95 Å². The number of ether oxygens (including phenoxy) is 2. The topological polar surface area (TPSA) is 67.8 Å². The van der Waals surface area contributed by atoms with Crippen LogP contribution in [-0.4, -0.2) is 60.2 Å². The van der Waals surface area contributed by atoms with E-state index in [-0.39, 0.29) is 23.3 Å². The minimum atomic E-state index is -0.123. The third-order valence-corrected chi connectivity index (χ3v) is 6.33. The van der Waals surface area contributed by atoms with Crippen molar-refractivity contribution in [3.05, 3.63) is 42.1 Å². The second kappa shape index (κ2) is 9.45. The largest absolute Gasteiger partial charge is 0.489 e. The fourth-order valence-electron chi connectivity index (χ4n) is 4.52. The second-order valence-electron chi connectivity index (χ2n) is 9.58. The molecule has 0 saturated carbocycles. The Hall–Kier alpha value is -2.67. The van der Waals surface area contributed by atoms with Crippen LogP contribution >= 0.6 is 0 Å². The molecule has 0 unspecified atom stereocenters. The van der Waals surface area contributed by atoms with E-state index >= 15 is 0 Å². The van der Waals surface area contributed by atoms with E-state index < -0.39 is 0 Å². The summed E-state index contributed by atoms with van der Waals surface area (Å²) in [5.41, 5.74) is 1.04. The Labute approximate surface area is 190 Å². The van der Waals surface area contributed by atoms with Crippen LogP contribution in [0.4, 0.5) is 11.8 Å². The number of carbonyl (C=O) groups excluding carboxylic acids is 1. The Morgan fingerprint density at radius 1 is 1.25 bits per heavy atom. The Morgan fingerprint density at radius 3 is 2.75 bits per heavy atom. The summed E-state index contributed by atoms with van der Waals surface area (Å²) in [6.45, 7) is 11.9. The van der Waals surface area contributed by atoms with Crippen molar-refractivity contribution in [3.63, 3.8) is 0 Å². The van der Waals surface area contributed by atoms with Gasteiger partial charge in [-0.25, -0.2) is 4.98 Å². The normalized spacial score (nSPS) is 21.4. The first-order valence-electron chi connectivity index (χ1n) is 11.5. The zero-order valence-electron chi connectivity index (χ0n) is 19.6. The molecule has 0 radical (unpaired) electrons. The lowest BCUT2D eigenvalue weighted by Crippen LogP contribution is -2.53. The fourth-order valence-corrected chi connectivity index (χ4v) is 4.52. The molecule has 2 aromatic rings. The maximum Gasteiger partial charge on any atom is 0.227 e. The number of hydrogen-bond donors (Lipinski definition) is 0. The van der Waals surface area contributed by atoms with Gasteiger partial charge in [-0.05, 0) is 50.5 Å². The van der Waals surface area contributed by atoms with Gasteiger partial charge in [0.15, 0.2) is 0 Å². The Bertz CT molecular complexity index is 931. The van der Waals surface area contributed by atoms with E-state index in [0.717, 1.165) is 43.6 Å². The van der Waals surface area contributed by atoms with Crippen molar-refractivity contribution in [1.29, 1.82) is 0 Å². The summed E-state index contributed by atoms with van der Waals surface area (Å²) < 4.78 is 11.9. The number of morpholine rings is 1. The minimum Gasteiger partial charge on any atom is -0.489 e. The van der Waals surface area contributed by atoms with Gasteiger partial charge in [-0.3, -0.25) is 0 Å². The highest BCUT2D eigenvalue weighted by Crippen LogP contribution is 2.28. The van der Waals surface area contributed by atoms with Crippen LogP contribution in [0.1, 0.15) is 52.0 Å². The molecule has 4 rings (SSSR count). The monoisotopic (exact) mass is 438 g/mol. The van der Waals surface area contributed by atoms with E-state index in [2.05, 4.69) is 47.7 Å². The van der Waals surface area contributed by atoms with Gasteiger partial charge in [-0.1, -0.05) is 19.1 Å². The summed E-state index contributed by atoms with van der Waals surface area (Å²) in [4.78, 5) is 25.3. The van der Waals surface area contributed by atoms with Crippen molar-refractivity contribution in [2.45, 2.75) is 58.1 Å². The van der Waals surface area contributed by atoms with Crippen molar-refractivity contribution in [2.24, 2.45) is 0 Å². The summed E-state index contributed by atoms with van der Waals surface area (Å²) >= 11 is 0. The molecule has 0 amide bonds. The van der Waals surface area contributed by atoms with Crippen molar-refractivity contribution in [1.82, 2.24) is 9.97 Å². The molecule has 0 aliphatic carbocycles. The number of benzene rings is 1. The number of aromatic nitrogens is 2. The van der Waals surface area contributed by atoms with E-state index in [1.807, 2.05) is 24.4 Å². The molecule has 7 nitrogen and oxygen atoms in total. The van der Waals surface area contributed by atoms with E-state index in [9.17, 15) is 4.79 Å². The third kappa shape index (κ3) is 5.21. The molecule has 7 heteroatoms. The van der Waals surface area contributed by atoms with Crippen LogP contribution in [0.3, 0.4) is 0 Å². The molecular weight excluding hydrogens is 404 g/mol. The van der Waals surface area contributed by atoms with Gasteiger partial charge in [0.05, 0.1) is 25.3 Å². The Morgan fingerprint density at radius 2 is 2.03 bits per heavy atom. The minimum absolute atomic E-state index is 0.119. The first kappa shape index (κ1) is 22.5. The predicted molar refractivity (Wildman–Crippen MR) is 126 cm³/mol. The van der Waals surface area contributed by atoms with Crippen LogP contribution in [0.25, 0.3) is 0 Å². The maximum atomic E-state index is 11.4. The summed E-state index contributed by atoms with van der Waals surface area (Å²) in [5.74, 6) is 3.02. The molecule has 0 bridgehead atoms. The SMILES string of the molecule is CC(=O)C[C@@H](C)c1ccc(O[C@@H]2CCN(c3ccnc(N4CCOCC4(C)C)n3)C2)cc1. The molecule has 2 aliphatic heterocycles. The van der Waals surface area contributed by atoms with E-state index in [0.29, 0.717) is 19.6 Å². The summed E-state index contributed by atoms with van der Waals surface area (Å²) in [7, 11) is 0. The molecule has 2 fully saturated rings. The number of Topliss-reactive ketones (excluding diaryl/α,β-unsaturated/α-hetero) is 1. The highest BCUT2D eigenvalue weighted by Gasteiger charge is 2.33. The highest BCUT2D eigenvalue weighted by atomic mass is 16.5. The average molecular weight is 439 g/mol. The van der Waals surface area contributed by atoms with Gasteiger partial charge >= 0.3 is 0 Å². The lowest BCUT2D eigenvalue weighted by molar-refractivity contribution is -0.117. The average Bonchev–Trinajstić information content (AvgIpc) is 3.22. The van der Waals surface area contributed by atoms with Gasteiger partial charge in [0.25, 0.3) is 0 Å². The molecule has 2 saturated heterocycles. The quantitative estimate of drug-likeness (QED) is 0.651. The van der Waals surface area contributed by atoms with Crippen LogP contribution < -0.4 is 14.5 Å². The lowest BCUT2D eigenvalue weighted by Gasteiger charge is -2.42. The van der Waals surface area contributed by atoms with E-state index in [1.54, 1.807) is 6.92 Å². The van der Waals surface area contributed by atoms with Crippen molar-refractivity contribution in [2.75, 3.05) is 42.6 Å². The van der Waals surface area contributed by atoms with Crippen LogP contribution in [0.2, 0.25) is 0 Å². The number of hydrogen-bond acceptors (Lipinski definition) is 7. The molecule has 172 valence electrons. The highest BCUT2D eigenvalue weighted by molar-refractivity contribution is 5.76. The third-order valence-electron chi connectivity index (χ3n) is 6.33. The van der Waals surface area contributed by atoms with Crippen LogP contribution in [-0.2, 0) is 9.53 Å². The predicted octanol–water partition coefficient (Wildman–Crippen LogP) is 3.83. The van der Waals surface area contributed by atoms with Gasteiger partial charge < -0.3 is 24.1 Å². The van der Waals surface area contributed by atoms with E-state index in [1.165, 1.54) is 5.56 Å². The van der Waals surface area contributed by atoms with Gasteiger partial charge in [0, 0.05) is 32.1 Å². The second-order valence-corrected chi connectivity index (χ2v) is 9.58. The molecule has 0 spiro atoms. The van der Waals surface area contributed by atoms with Gasteiger partial charge in [-0.2, -0.15) is 4.98 Å². The zero-order valence-corrected chi connectivity index (χ0v) is 19.6. The van der Waals surface area contributed by atoms with E-state index in [4.69, 9.17) is 14.5 Å². The Kier molecular flexibility index (Phi) is 6.65. The first-order chi connectivity index (χ1) is 15.3. The van der Waals surface area contributed by atoms with Gasteiger partial charge in [-0.15, -0.1) is 0 Å². The standard InChI is InChI=1S/C25H34N4O3/c1-18(15-19(2)30)20-5-7-21(8-6-20)32-22-10-12-28(16-22)23-9-11-26-24(27-23)29-13-14-31-17-25(29,3)4/h5-9,11,18,22H,10,12-17H2,1-4H3/t18-,22-/m1/s1. The summed E-state index contributed by atoms with van der Waals surface area (Å²) in [5, 5.41) is 0. The molecule has 0 N–H and O–H groups in total. The number of ketones is 1. The molecule has 1 aromatic heterocycles. The molecule has 2 atom stereocenters. The molecular formula is C25H34N4O3. The number of anilines is 2. The molecule has 2 aliphatic rings. The summed E-state index contributed by atoms with van der Waals surface area (Å²) in [6.07, 6.45) is 3.48. The van der Waals surface area contributed by atoms with Crippen molar-refractivity contribution >= 4 is 17.5 Å². The lowest BCUT2D eigenvalue weighted by atomic mass is 9.96. The van der Waals surface area contributed by atoms with Crippen LogP contribution in [0.5, 0.6) is 5.75 Å². The number of carbonyl (C=O) groups is 1. The zero-order chi connectivity index (χ0) is 22.7. The molecule has 1 aromatic carbocycles.